The van der Waals surface area contributed by atoms with E-state index in [0.717, 1.165) is 16.2 Å². The molecule has 1 aromatic heterocycles. The van der Waals surface area contributed by atoms with Gasteiger partial charge >= 0.3 is 6.18 Å². The number of pyridine rings is 1. The summed E-state index contributed by atoms with van der Waals surface area (Å²) in [5.74, 6) is 1.07. The van der Waals surface area contributed by atoms with Crippen LogP contribution in [0.3, 0.4) is 0 Å². The minimum Gasteiger partial charge on any atom is -0.497 e. The van der Waals surface area contributed by atoms with Gasteiger partial charge in [-0.15, -0.1) is 0 Å². The standard InChI is InChI=1S/C23H21BrF3NO3/c1-5-18-13(2)22(29)28(21-10-15(24)6-7-20(21)23(25,26)27)12-19(18)14-8-16(30-3)11-17(9-14)31-4/h6-12H,5H2,1-4H3. The SMILES string of the molecule is CCc1c(-c2cc(OC)cc(OC)c2)cn(-c2cc(Br)ccc2C(F)(F)F)c(=O)c1C. The molecule has 0 aliphatic heterocycles. The Bertz CT molecular complexity index is 1160. The largest absolute Gasteiger partial charge is 0.497 e. The van der Waals surface area contributed by atoms with Gasteiger partial charge in [-0.3, -0.25) is 9.36 Å². The van der Waals surface area contributed by atoms with Crippen molar-refractivity contribution in [2.24, 2.45) is 0 Å². The molecule has 8 heteroatoms. The van der Waals surface area contributed by atoms with Gasteiger partial charge in [-0.05, 0) is 54.8 Å². The van der Waals surface area contributed by atoms with Crippen molar-refractivity contribution < 1.29 is 22.6 Å². The number of methoxy groups -OCH3 is 2. The second-order valence-electron chi connectivity index (χ2n) is 6.94. The van der Waals surface area contributed by atoms with Gasteiger partial charge in [0.1, 0.15) is 11.5 Å². The highest BCUT2D eigenvalue weighted by molar-refractivity contribution is 9.10. The van der Waals surface area contributed by atoms with E-state index < -0.39 is 17.3 Å². The third-order valence-electron chi connectivity index (χ3n) is 5.12. The van der Waals surface area contributed by atoms with Gasteiger partial charge in [0.2, 0.25) is 0 Å². The number of ether oxygens (including phenoxy) is 2. The molecule has 164 valence electrons. The number of halogens is 4. The lowest BCUT2D eigenvalue weighted by Gasteiger charge is -2.20. The molecule has 0 amide bonds. The van der Waals surface area contributed by atoms with Crippen molar-refractivity contribution in [2.45, 2.75) is 26.4 Å². The molecule has 0 bridgehead atoms. The van der Waals surface area contributed by atoms with Crippen molar-refractivity contribution >= 4 is 15.9 Å². The molecule has 2 aromatic carbocycles. The molecule has 0 spiro atoms. The van der Waals surface area contributed by atoms with Crippen molar-refractivity contribution in [3.63, 3.8) is 0 Å². The average molecular weight is 496 g/mol. The molecule has 4 nitrogen and oxygen atoms in total. The van der Waals surface area contributed by atoms with E-state index in [0.29, 0.717) is 39.1 Å². The fourth-order valence-corrected chi connectivity index (χ4v) is 3.92. The highest BCUT2D eigenvalue weighted by Gasteiger charge is 2.34. The Morgan fingerprint density at radius 1 is 1.03 bits per heavy atom. The maximum Gasteiger partial charge on any atom is 0.418 e. The van der Waals surface area contributed by atoms with Crippen LogP contribution in [0, 0.1) is 6.92 Å². The average Bonchev–Trinajstić information content (AvgIpc) is 2.74. The van der Waals surface area contributed by atoms with E-state index in [9.17, 15) is 18.0 Å². The summed E-state index contributed by atoms with van der Waals surface area (Å²) in [5, 5.41) is 0. The van der Waals surface area contributed by atoms with Crippen LogP contribution in [0.1, 0.15) is 23.6 Å². The summed E-state index contributed by atoms with van der Waals surface area (Å²) in [6.45, 7) is 3.52. The molecule has 0 saturated heterocycles. The molecule has 0 aliphatic carbocycles. The van der Waals surface area contributed by atoms with Crippen molar-refractivity contribution in [2.75, 3.05) is 14.2 Å². The third kappa shape index (κ3) is 4.49. The van der Waals surface area contributed by atoms with Gasteiger partial charge in [0.15, 0.2) is 0 Å². The van der Waals surface area contributed by atoms with Crippen LogP contribution in [-0.2, 0) is 12.6 Å². The summed E-state index contributed by atoms with van der Waals surface area (Å²) in [5.41, 5.74) is 0.803. The van der Waals surface area contributed by atoms with Crippen molar-refractivity contribution in [3.8, 4) is 28.3 Å². The van der Waals surface area contributed by atoms with E-state index >= 15 is 0 Å². The first-order chi connectivity index (χ1) is 14.6. The molecule has 0 atom stereocenters. The Labute approximate surface area is 186 Å². The second kappa shape index (κ2) is 8.78. The van der Waals surface area contributed by atoms with Gasteiger partial charge in [0, 0.05) is 27.9 Å². The van der Waals surface area contributed by atoms with Crippen LogP contribution in [0.25, 0.3) is 16.8 Å². The molecule has 31 heavy (non-hydrogen) atoms. The number of aromatic nitrogens is 1. The van der Waals surface area contributed by atoms with Gasteiger partial charge in [0.05, 0.1) is 25.5 Å². The fourth-order valence-electron chi connectivity index (χ4n) is 3.57. The van der Waals surface area contributed by atoms with Gasteiger partial charge in [0.25, 0.3) is 5.56 Å². The molecule has 0 N–H and O–H groups in total. The first-order valence-electron chi connectivity index (χ1n) is 9.46. The fraction of sp³-hybridized carbons (Fsp3) is 0.261. The molecular weight excluding hydrogens is 475 g/mol. The summed E-state index contributed by atoms with van der Waals surface area (Å²) in [4.78, 5) is 13.1. The Kier molecular flexibility index (Phi) is 6.50. The Morgan fingerprint density at radius 2 is 1.65 bits per heavy atom. The Hall–Kier alpha value is -2.74. The predicted octanol–water partition coefficient (Wildman–Crippen LogP) is 6.17. The number of nitrogens with zero attached hydrogens (tertiary/aromatic N) is 1. The van der Waals surface area contributed by atoms with Gasteiger partial charge in [-0.25, -0.2) is 0 Å². The van der Waals surface area contributed by atoms with E-state index in [1.807, 2.05) is 6.92 Å². The second-order valence-corrected chi connectivity index (χ2v) is 7.85. The minimum atomic E-state index is -4.62. The van der Waals surface area contributed by atoms with Crippen molar-refractivity contribution in [1.29, 1.82) is 0 Å². The normalized spacial score (nSPS) is 11.5. The number of hydrogen-bond donors (Lipinski definition) is 0. The van der Waals surface area contributed by atoms with Crippen molar-refractivity contribution in [1.82, 2.24) is 4.57 Å². The van der Waals surface area contributed by atoms with E-state index in [1.54, 1.807) is 25.1 Å². The summed E-state index contributed by atoms with van der Waals surface area (Å²) < 4.78 is 53.3. The molecule has 0 unspecified atom stereocenters. The Morgan fingerprint density at radius 3 is 2.16 bits per heavy atom. The highest BCUT2D eigenvalue weighted by atomic mass is 79.9. The van der Waals surface area contributed by atoms with E-state index in [1.165, 1.54) is 32.5 Å². The van der Waals surface area contributed by atoms with Crippen molar-refractivity contribution in [3.05, 3.63) is 74.1 Å². The van der Waals surface area contributed by atoms with Gasteiger partial charge in [-0.2, -0.15) is 13.2 Å². The number of rotatable bonds is 5. The maximum atomic E-state index is 13.7. The van der Waals surface area contributed by atoms with E-state index in [2.05, 4.69) is 15.9 Å². The molecule has 3 rings (SSSR count). The van der Waals surface area contributed by atoms with Crippen LogP contribution in [0.2, 0.25) is 0 Å². The topological polar surface area (TPSA) is 40.5 Å². The first-order valence-corrected chi connectivity index (χ1v) is 10.3. The number of benzene rings is 2. The lowest BCUT2D eigenvalue weighted by atomic mass is 9.95. The summed E-state index contributed by atoms with van der Waals surface area (Å²) in [7, 11) is 3.03. The van der Waals surface area contributed by atoms with Gasteiger partial charge < -0.3 is 9.47 Å². The summed E-state index contributed by atoms with van der Waals surface area (Å²) >= 11 is 3.22. The Balaban J connectivity index is 2.39. The van der Waals surface area contributed by atoms with Crippen LogP contribution < -0.4 is 15.0 Å². The third-order valence-corrected chi connectivity index (χ3v) is 5.61. The van der Waals surface area contributed by atoms with Gasteiger partial charge in [-0.1, -0.05) is 22.9 Å². The number of alkyl halides is 3. The number of hydrogen-bond acceptors (Lipinski definition) is 3. The summed E-state index contributed by atoms with van der Waals surface area (Å²) in [6, 6.07) is 8.79. The van der Waals surface area contributed by atoms with E-state index in [4.69, 9.17) is 9.47 Å². The maximum absolute atomic E-state index is 13.7. The van der Waals surface area contributed by atoms with Crippen LogP contribution in [0.4, 0.5) is 13.2 Å². The molecule has 1 heterocycles. The minimum absolute atomic E-state index is 0.242. The quantitative estimate of drug-likeness (QED) is 0.424. The molecule has 0 aliphatic rings. The summed E-state index contributed by atoms with van der Waals surface area (Å²) in [6.07, 6.45) is -2.63. The molecular formula is C23H21BrF3NO3. The lowest BCUT2D eigenvalue weighted by Crippen LogP contribution is -2.25. The molecule has 0 fully saturated rings. The van der Waals surface area contributed by atoms with E-state index in [-0.39, 0.29) is 5.69 Å². The molecule has 0 radical (unpaired) electrons. The highest BCUT2D eigenvalue weighted by Crippen LogP contribution is 2.37. The van der Waals surface area contributed by atoms with Crippen LogP contribution >= 0.6 is 15.9 Å². The zero-order valence-electron chi connectivity index (χ0n) is 17.4. The van der Waals surface area contributed by atoms with Crippen LogP contribution in [0.15, 0.2) is 51.9 Å². The van der Waals surface area contributed by atoms with Crippen LogP contribution in [0.5, 0.6) is 11.5 Å². The molecule has 3 aromatic rings. The lowest BCUT2D eigenvalue weighted by molar-refractivity contribution is -0.137. The monoisotopic (exact) mass is 495 g/mol. The zero-order chi connectivity index (χ0) is 22.9. The predicted molar refractivity (Wildman–Crippen MR) is 117 cm³/mol. The molecule has 0 saturated carbocycles. The smallest absolute Gasteiger partial charge is 0.418 e. The zero-order valence-corrected chi connectivity index (χ0v) is 19.0. The van der Waals surface area contributed by atoms with Crippen LogP contribution in [-0.4, -0.2) is 18.8 Å². The first kappa shape index (κ1) is 22.9.